The molecule has 0 radical (unpaired) electrons. The second-order valence-electron chi connectivity index (χ2n) is 6.02. The van der Waals surface area contributed by atoms with Gasteiger partial charge < -0.3 is 15.4 Å². The van der Waals surface area contributed by atoms with Crippen LogP contribution in [0.3, 0.4) is 0 Å². The van der Waals surface area contributed by atoms with Gasteiger partial charge in [0.1, 0.15) is 11.8 Å². The lowest BCUT2D eigenvalue weighted by atomic mass is 10.2. The van der Waals surface area contributed by atoms with Gasteiger partial charge in [-0.05, 0) is 31.2 Å². The monoisotopic (exact) mass is 391 g/mol. The van der Waals surface area contributed by atoms with Gasteiger partial charge in [0.05, 0.1) is 12.4 Å². The van der Waals surface area contributed by atoms with Crippen molar-refractivity contribution in [2.24, 2.45) is 0 Å². The summed E-state index contributed by atoms with van der Waals surface area (Å²) in [5, 5.41) is 4.99. The Kier molecular flexibility index (Phi) is 7.60. The zero-order valence-corrected chi connectivity index (χ0v) is 15.6. The van der Waals surface area contributed by atoms with Crippen molar-refractivity contribution in [2.75, 3.05) is 39.8 Å². The summed E-state index contributed by atoms with van der Waals surface area (Å²) in [6, 6.07) is 5.51. The molecule has 1 aliphatic heterocycles. The predicted molar refractivity (Wildman–Crippen MR) is 95.6 cm³/mol. The van der Waals surface area contributed by atoms with E-state index in [1.54, 1.807) is 26.2 Å². The van der Waals surface area contributed by atoms with Crippen LogP contribution in [0.2, 0.25) is 0 Å². The number of benzene rings is 1. The third-order valence-electron chi connectivity index (χ3n) is 4.18. The lowest BCUT2D eigenvalue weighted by Crippen LogP contribution is -2.57. The number of amides is 1. The number of nitrogens with one attached hydrogen (secondary N) is 2. The molecule has 0 aliphatic carbocycles. The summed E-state index contributed by atoms with van der Waals surface area (Å²) in [6.45, 7) is 2.91. The SMILES string of the molecule is COc1ccc(SC(C)C(=O)NCC(N2CCNCC2)C(F)(F)F)cc1. The topological polar surface area (TPSA) is 53.6 Å². The maximum Gasteiger partial charge on any atom is 0.405 e. The normalized spacial score (nSPS) is 18.2. The molecule has 1 saturated heterocycles. The average Bonchev–Trinajstić information content (AvgIpc) is 2.62. The molecule has 146 valence electrons. The highest BCUT2D eigenvalue weighted by Gasteiger charge is 2.43. The first-order valence-electron chi connectivity index (χ1n) is 8.41. The zero-order chi connectivity index (χ0) is 19.2. The van der Waals surface area contributed by atoms with Crippen LogP contribution in [0.15, 0.2) is 29.2 Å². The van der Waals surface area contributed by atoms with Crippen molar-refractivity contribution in [3.63, 3.8) is 0 Å². The lowest BCUT2D eigenvalue weighted by Gasteiger charge is -2.36. The van der Waals surface area contributed by atoms with Crippen LogP contribution >= 0.6 is 11.8 Å². The molecule has 1 fully saturated rings. The van der Waals surface area contributed by atoms with Crippen LogP contribution in [-0.4, -0.2) is 68.1 Å². The number of piperazine rings is 1. The second kappa shape index (κ2) is 9.48. The van der Waals surface area contributed by atoms with Crippen LogP contribution in [-0.2, 0) is 4.79 Å². The number of alkyl halides is 3. The smallest absolute Gasteiger partial charge is 0.405 e. The first-order chi connectivity index (χ1) is 12.3. The largest absolute Gasteiger partial charge is 0.497 e. The van der Waals surface area contributed by atoms with E-state index in [-0.39, 0.29) is 0 Å². The van der Waals surface area contributed by atoms with Crippen molar-refractivity contribution in [1.82, 2.24) is 15.5 Å². The maximum atomic E-state index is 13.3. The fraction of sp³-hybridized carbons (Fsp3) is 0.588. The van der Waals surface area contributed by atoms with E-state index in [1.807, 2.05) is 12.1 Å². The lowest BCUT2D eigenvalue weighted by molar-refractivity contribution is -0.184. The molecule has 1 aromatic carbocycles. The third-order valence-corrected chi connectivity index (χ3v) is 5.29. The number of carbonyl (C=O) groups is 1. The van der Waals surface area contributed by atoms with Gasteiger partial charge in [-0.25, -0.2) is 0 Å². The molecule has 0 aromatic heterocycles. The van der Waals surface area contributed by atoms with Crippen molar-refractivity contribution in [2.45, 2.75) is 29.3 Å². The number of thioether (sulfide) groups is 1. The summed E-state index contributed by atoms with van der Waals surface area (Å²) in [6.07, 6.45) is -4.38. The molecule has 9 heteroatoms. The van der Waals surface area contributed by atoms with E-state index in [0.717, 1.165) is 4.90 Å². The minimum atomic E-state index is -4.38. The molecule has 1 amide bonds. The minimum Gasteiger partial charge on any atom is -0.497 e. The number of methoxy groups -OCH3 is 1. The van der Waals surface area contributed by atoms with Gasteiger partial charge in [0.25, 0.3) is 0 Å². The van der Waals surface area contributed by atoms with Crippen molar-refractivity contribution in [3.8, 4) is 5.75 Å². The van der Waals surface area contributed by atoms with Crippen molar-refractivity contribution >= 4 is 17.7 Å². The highest BCUT2D eigenvalue weighted by molar-refractivity contribution is 8.00. The highest BCUT2D eigenvalue weighted by Crippen LogP contribution is 2.27. The molecule has 5 nitrogen and oxygen atoms in total. The molecule has 2 unspecified atom stereocenters. The number of rotatable bonds is 7. The fourth-order valence-electron chi connectivity index (χ4n) is 2.70. The van der Waals surface area contributed by atoms with Crippen molar-refractivity contribution in [3.05, 3.63) is 24.3 Å². The Labute approximate surface area is 155 Å². The minimum absolute atomic E-state index is 0.316. The molecule has 2 atom stereocenters. The summed E-state index contributed by atoms with van der Waals surface area (Å²) in [4.78, 5) is 14.5. The van der Waals surface area contributed by atoms with Crippen LogP contribution in [0, 0.1) is 0 Å². The summed E-state index contributed by atoms with van der Waals surface area (Å²) in [5.74, 6) is 0.297. The Hall–Kier alpha value is -1.45. The van der Waals surface area contributed by atoms with E-state index in [2.05, 4.69) is 10.6 Å². The van der Waals surface area contributed by atoms with E-state index in [0.29, 0.717) is 31.9 Å². The molecule has 2 rings (SSSR count). The van der Waals surface area contributed by atoms with E-state index in [1.165, 1.54) is 16.7 Å². The molecule has 0 bridgehead atoms. The molecule has 1 aromatic rings. The highest BCUT2D eigenvalue weighted by atomic mass is 32.2. The third kappa shape index (κ3) is 6.07. The molecular weight excluding hydrogens is 367 g/mol. The van der Waals surface area contributed by atoms with Gasteiger partial charge in [0.2, 0.25) is 5.91 Å². The summed E-state index contributed by atoms with van der Waals surface area (Å²) >= 11 is 1.29. The molecule has 0 spiro atoms. The summed E-state index contributed by atoms with van der Waals surface area (Å²) < 4.78 is 45.1. The van der Waals surface area contributed by atoms with Crippen LogP contribution in [0.4, 0.5) is 13.2 Å². The second-order valence-corrected chi connectivity index (χ2v) is 7.44. The molecule has 1 aliphatic rings. The van der Waals surface area contributed by atoms with Gasteiger partial charge in [0.15, 0.2) is 0 Å². The number of nitrogens with zero attached hydrogens (tertiary/aromatic N) is 1. The number of carbonyl (C=O) groups excluding carboxylic acids is 1. The number of halogens is 3. The van der Waals surface area contributed by atoms with E-state index >= 15 is 0 Å². The Balaban J connectivity index is 1.89. The van der Waals surface area contributed by atoms with Gasteiger partial charge in [-0.1, -0.05) is 0 Å². The van der Waals surface area contributed by atoms with E-state index in [4.69, 9.17) is 4.74 Å². The number of ether oxygens (including phenoxy) is 1. The quantitative estimate of drug-likeness (QED) is 0.698. The predicted octanol–water partition coefficient (Wildman–Crippen LogP) is 2.13. The van der Waals surface area contributed by atoms with Crippen LogP contribution < -0.4 is 15.4 Å². The first kappa shape index (κ1) is 20.9. The Morgan fingerprint density at radius 1 is 1.31 bits per heavy atom. The average molecular weight is 391 g/mol. The van der Waals surface area contributed by atoms with E-state index in [9.17, 15) is 18.0 Å². The van der Waals surface area contributed by atoms with Crippen LogP contribution in [0.1, 0.15) is 6.92 Å². The Morgan fingerprint density at radius 3 is 2.46 bits per heavy atom. The van der Waals surface area contributed by atoms with Gasteiger partial charge >= 0.3 is 6.18 Å². The van der Waals surface area contributed by atoms with Crippen LogP contribution in [0.25, 0.3) is 0 Å². The summed E-state index contributed by atoms with van der Waals surface area (Å²) in [5.41, 5.74) is 0. The van der Waals surface area contributed by atoms with Crippen molar-refractivity contribution < 1.29 is 22.7 Å². The van der Waals surface area contributed by atoms with Crippen LogP contribution in [0.5, 0.6) is 5.75 Å². The number of hydrogen-bond donors (Lipinski definition) is 2. The van der Waals surface area contributed by atoms with E-state index < -0.39 is 29.9 Å². The fourth-order valence-corrected chi connectivity index (χ4v) is 3.59. The first-order valence-corrected chi connectivity index (χ1v) is 9.29. The molecular formula is C17H24F3N3O2S. The molecule has 2 N–H and O–H groups in total. The Bertz CT molecular complexity index is 578. The van der Waals surface area contributed by atoms with Gasteiger partial charge in [-0.3, -0.25) is 9.69 Å². The maximum absolute atomic E-state index is 13.3. The molecule has 1 heterocycles. The standard InChI is InChI=1S/C17H24F3N3O2S/c1-12(26-14-5-3-13(25-2)4-6-14)16(24)22-11-15(17(18,19)20)23-9-7-21-8-10-23/h3-6,12,15,21H,7-11H2,1-2H3,(H,22,24). The Morgan fingerprint density at radius 2 is 1.92 bits per heavy atom. The molecule has 0 saturated carbocycles. The molecule has 26 heavy (non-hydrogen) atoms. The van der Waals surface area contributed by atoms with Gasteiger partial charge in [-0.15, -0.1) is 11.8 Å². The van der Waals surface area contributed by atoms with Gasteiger partial charge in [0, 0.05) is 37.6 Å². The van der Waals surface area contributed by atoms with Crippen molar-refractivity contribution in [1.29, 1.82) is 0 Å². The summed E-state index contributed by atoms with van der Waals surface area (Å²) in [7, 11) is 1.56. The zero-order valence-electron chi connectivity index (χ0n) is 14.8. The number of hydrogen-bond acceptors (Lipinski definition) is 5. The van der Waals surface area contributed by atoms with Gasteiger partial charge in [-0.2, -0.15) is 13.2 Å².